The molecule has 6 heteroatoms. The molecule has 4 rings (SSSR count). The van der Waals surface area contributed by atoms with Gasteiger partial charge in [-0.2, -0.15) is 0 Å². The molecule has 0 spiro atoms. The Morgan fingerprint density at radius 1 is 1.09 bits per heavy atom. The van der Waals surface area contributed by atoms with E-state index < -0.39 is 5.97 Å². The highest BCUT2D eigenvalue weighted by atomic mass is 19.1. The topological polar surface area (TPSA) is 67.8 Å². The number of hydrogen-bond donors (Lipinski definition) is 2. The van der Waals surface area contributed by atoms with Gasteiger partial charge in [-0.3, -0.25) is 0 Å². The fourth-order valence-electron chi connectivity index (χ4n) is 4.36. The van der Waals surface area contributed by atoms with Crippen molar-refractivity contribution in [3.8, 4) is 22.6 Å². The SMILES string of the molecule is COc1cc(F)ccc1-c1ccc2c(c1COc1cccc(C(=O)O)c1)C(C)=CC(C)(C)N2. The zero-order valence-electron chi connectivity index (χ0n) is 19.0. The van der Waals surface area contributed by atoms with Crippen LogP contribution in [0.25, 0.3) is 16.7 Å². The van der Waals surface area contributed by atoms with Crippen molar-refractivity contribution in [1.29, 1.82) is 0 Å². The Hall–Kier alpha value is -3.80. The summed E-state index contributed by atoms with van der Waals surface area (Å²) in [5, 5.41) is 12.8. The molecule has 3 aromatic carbocycles. The summed E-state index contributed by atoms with van der Waals surface area (Å²) in [5.41, 5.74) is 5.52. The molecule has 5 nitrogen and oxygen atoms in total. The van der Waals surface area contributed by atoms with Crippen LogP contribution in [0.3, 0.4) is 0 Å². The minimum atomic E-state index is -1.01. The maximum Gasteiger partial charge on any atom is 0.335 e. The minimum absolute atomic E-state index is 0.155. The first-order valence-corrected chi connectivity index (χ1v) is 10.6. The van der Waals surface area contributed by atoms with Crippen LogP contribution in [-0.4, -0.2) is 23.7 Å². The van der Waals surface area contributed by atoms with E-state index in [0.29, 0.717) is 11.5 Å². The largest absolute Gasteiger partial charge is 0.496 e. The molecule has 0 amide bonds. The summed E-state index contributed by atoms with van der Waals surface area (Å²) in [6.07, 6.45) is 2.16. The lowest BCUT2D eigenvalue weighted by Gasteiger charge is -2.33. The van der Waals surface area contributed by atoms with Crippen LogP contribution in [0.5, 0.6) is 11.5 Å². The first kappa shape index (κ1) is 22.4. The number of halogens is 1. The molecule has 33 heavy (non-hydrogen) atoms. The number of aromatic carboxylic acids is 1. The Kier molecular flexibility index (Phi) is 5.85. The van der Waals surface area contributed by atoms with E-state index in [9.17, 15) is 14.3 Å². The first-order chi connectivity index (χ1) is 15.7. The van der Waals surface area contributed by atoms with Gasteiger partial charge >= 0.3 is 5.97 Å². The predicted octanol–water partition coefficient (Wildman–Crippen LogP) is 6.39. The molecule has 0 bridgehead atoms. The highest BCUT2D eigenvalue weighted by molar-refractivity contribution is 5.89. The summed E-state index contributed by atoms with van der Waals surface area (Å²) in [5.74, 6) is -0.513. The molecular weight excluding hydrogens is 421 g/mol. The summed E-state index contributed by atoms with van der Waals surface area (Å²) in [4.78, 5) is 11.3. The molecule has 0 radical (unpaired) electrons. The highest BCUT2D eigenvalue weighted by Crippen LogP contribution is 2.42. The number of methoxy groups -OCH3 is 1. The molecular formula is C27H26FNO4. The van der Waals surface area contributed by atoms with Crippen LogP contribution in [0.1, 0.15) is 42.3 Å². The maximum absolute atomic E-state index is 13.9. The zero-order valence-corrected chi connectivity index (χ0v) is 19.0. The molecule has 1 aliphatic heterocycles. The molecule has 3 aromatic rings. The van der Waals surface area contributed by atoms with Crippen molar-refractivity contribution < 1.29 is 23.8 Å². The quantitative estimate of drug-likeness (QED) is 0.459. The summed E-state index contributed by atoms with van der Waals surface area (Å²) < 4.78 is 25.4. The molecule has 0 aliphatic carbocycles. The summed E-state index contributed by atoms with van der Waals surface area (Å²) in [6.45, 7) is 6.45. The number of ether oxygens (including phenoxy) is 2. The number of benzene rings is 3. The number of carbonyl (C=O) groups is 1. The number of nitrogens with one attached hydrogen (secondary N) is 1. The van der Waals surface area contributed by atoms with Crippen LogP contribution < -0.4 is 14.8 Å². The fraction of sp³-hybridized carbons (Fsp3) is 0.222. The van der Waals surface area contributed by atoms with E-state index in [1.165, 1.54) is 31.4 Å². The van der Waals surface area contributed by atoms with Crippen molar-refractivity contribution in [3.05, 3.63) is 83.2 Å². The van der Waals surface area contributed by atoms with Gasteiger partial charge in [0.25, 0.3) is 0 Å². The van der Waals surface area contributed by atoms with Gasteiger partial charge in [-0.1, -0.05) is 18.2 Å². The van der Waals surface area contributed by atoms with Gasteiger partial charge in [0, 0.05) is 28.4 Å². The normalized spacial score (nSPS) is 14.0. The Labute approximate surface area is 192 Å². The smallest absolute Gasteiger partial charge is 0.335 e. The molecule has 1 aliphatic rings. The lowest BCUT2D eigenvalue weighted by atomic mass is 9.85. The monoisotopic (exact) mass is 447 g/mol. The maximum atomic E-state index is 13.9. The third-order valence-electron chi connectivity index (χ3n) is 5.66. The van der Waals surface area contributed by atoms with Crippen LogP contribution in [0, 0.1) is 5.82 Å². The number of carboxylic acids is 1. The second-order valence-corrected chi connectivity index (χ2v) is 8.65. The van der Waals surface area contributed by atoms with Gasteiger partial charge < -0.3 is 19.9 Å². The third kappa shape index (κ3) is 4.55. The number of hydrogen-bond acceptors (Lipinski definition) is 4. The van der Waals surface area contributed by atoms with Crippen molar-refractivity contribution in [2.75, 3.05) is 12.4 Å². The number of fused-ring (bicyclic) bond motifs is 1. The molecule has 2 N–H and O–H groups in total. The molecule has 0 saturated heterocycles. The van der Waals surface area contributed by atoms with Crippen LogP contribution in [0.4, 0.5) is 10.1 Å². The van der Waals surface area contributed by atoms with Crippen LogP contribution >= 0.6 is 0 Å². The van der Waals surface area contributed by atoms with E-state index in [1.807, 2.05) is 12.1 Å². The van der Waals surface area contributed by atoms with E-state index in [1.54, 1.807) is 18.2 Å². The van der Waals surface area contributed by atoms with Crippen LogP contribution in [0.2, 0.25) is 0 Å². The van der Waals surface area contributed by atoms with Crippen LogP contribution in [0.15, 0.2) is 60.7 Å². The Balaban J connectivity index is 1.84. The molecule has 170 valence electrons. The van der Waals surface area contributed by atoms with Gasteiger partial charge in [0.15, 0.2) is 0 Å². The highest BCUT2D eigenvalue weighted by Gasteiger charge is 2.27. The standard InChI is InChI=1S/C27H26FNO4/c1-16-14-27(2,3)29-23-11-10-20(21-9-8-18(28)13-24(21)32-4)22(25(16)23)15-33-19-7-5-6-17(12-19)26(30)31/h5-14,29H,15H2,1-4H3,(H,30,31). The Bertz CT molecular complexity index is 1260. The Morgan fingerprint density at radius 3 is 2.58 bits per heavy atom. The Morgan fingerprint density at radius 2 is 1.85 bits per heavy atom. The lowest BCUT2D eigenvalue weighted by molar-refractivity contribution is 0.0696. The van der Waals surface area contributed by atoms with Gasteiger partial charge in [-0.15, -0.1) is 0 Å². The average Bonchev–Trinajstić information content (AvgIpc) is 2.76. The van der Waals surface area contributed by atoms with E-state index in [2.05, 4.69) is 32.2 Å². The molecule has 0 saturated carbocycles. The molecule has 0 aromatic heterocycles. The van der Waals surface area contributed by atoms with Crippen LogP contribution in [-0.2, 0) is 6.61 Å². The number of allylic oxidation sites excluding steroid dienone is 1. The van der Waals surface area contributed by atoms with Crippen molar-refractivity contribution in [3.63, 3.8) is 0 Å². The van der Waals surface area contributed by atoms with Crippen molar-refractivity contribution in [1.82, 2.24) is 0 Å². The van der Waals surface area contributed by atoms with Crippen molar-refractivity contribution in [2.24, 2.45) is 0 Å². The zero-order chi connectivity index (χ0) is 23.8. The molecule has 0 fully saturated rings. The molecule has 1 heterocycles. The second kappa shape index (κ2) is 8.62. The molecule has 0 unspecified atom stereocenters. The fourth-order valence-corrected chi connectivity index (χ4v) is 4.36. The van der Waals surface area contributed by atoms with E-state index >= 15 is 0 Å². The van der Waals surface area contributed by atoms with Crippen molar-refractivity contribution >= 4 is 17.2 Å². The van der Waals surface area contributed by atoms with Gasteiger partial charge in [0.2, 0.25) is 0 Å². The predicted molar refractivity (Wildman–Crippen MR) is 127 cm³/mol. The first-order valence-electron chi connectivity index (χ1n) is 10.6. The van der Waals surface area contributed by atoms with Gasteiger partial charge in [0.1, 0.15) is 23.9 Å². The number of carboxylic acid groups (broad SMARTS) is 1. The third-order valence-corrected chi connectivity index (χ3v) is 5.66. The summed E-state index contributed by atoms with van der Waals surface area (Å²) in [6, 6.07) is 14.9. The van der Waals surface area contributed by atoms with Gasteiger partial charge in [-0.05, 0) is 68.3 Å². The van der Waals surface area contributed by atoms with E-state index in [0.717, 1.165) is 33.5 Å². The summed E-state index contributed by atoms with van der Waals surface area (Å²) in [7, 11) is 1.51. The van der Waals surface area contributed by atoms with Gasteiger partial charge in [0.05, 0.1) is 18.2 Å². The average molecular weight is 448 g/mol. The molecule has 0 atom stereocenters. The second-order valence-electron chi connectivity index (χ2n) is 8.65. The summed E-state index contributed by atoms with van der Waals surface area (Å²) >= 11 is 0. The van der Waals surface area contributed by atoms with Crippen molar-refractivity contribution in [2.45, 2.75) is 32.9 Å². The van der Waals surface area contributed by atoms with E-state index in [4.69, 9.17) is 9.47 Å². The van der Waals surface area contributed by atoms with Gasteiger partial charge in [-0.25, -0.2) is 9.18 Å². The number of anilines is 1. The van der Waals surface area contributed by atoms with E-state index in [-0.39, 0.29) is 23.5 Å². The minimum Gasteiger partial charge on any atom is -0.496 e. The lowest BCUT2D eigenvalue weighted by Crippen LogP contribution is -2.32. The number of rotatable bonds is 6.